The molecule has 2 rings (SSSR count). The highest BCUT2D eigenvalue weighted by Gasteiger charge is 2.24. The fourth-order valence-corrected chi connectivity index (χ4v) is 3.37. The summed E-state index contributed by atoms with van der Waals surface area (Å²) in [5, 5.41) is 9.88. The van der Waals surface area contributed by atoms with Crippen molar-refractivity contribution in [1.82, 2.24) is 9.80 Å². The molecule has 1 fully saturated rings. The molecule has 1 aromatic rings. The molecule has 1 unspecified atom stereocenters. The smallest absolute Gasteiger partial charge is 0.119 e. The van der Waals surface area contributed by atoms with Crippen LogP contribution in [0.2, 0.25) is 0 Å². The van der Waals surface area contributed by atoms with Gasteiger partial charge in [-0.25, -0.2) is 0 Å². The quantitative estimate of drug-likeness (QED) is 0.666. The molecule has 24 heavy (non-hydrogen) atoms. The van der Waals surface area contributed by atoms with E-state index in [0.29, 0.717) is 0 Å². The molecule has 1 aliphatic rings. The summed E-state index contributed by atoms with van der Waals surface area (Å²) in [6, 6.07) is 8.39. The summed E-state index contributed by atoms with van der Waals surface area (Å²) < 4.78 is 5.78. The minimum absolute atomic E-state index is 0.0999. The van der Waals surface area contributed by atoms with Crippen molar-refractivity contribution >= 4 is 0 Å². The Bertz CT molecular complexity index is 441. The van der Waals surface area contributed by atoms with E-state index in [4.69, 9.17) is 4.74 Å². The lowest BCUT2D eigenvalue weighted by molar-refractivity contribution is 0.0651. The van der Waals surface area contributed by atoms with Crippen LogP contribution < -0.4 is 4.74 Å². The van der Waals surface area contributed by atoms with E-state index in [1.807, 2.05) is 12.1 Å². The van der Waals surface area contributed by atoms with E-state index in [0.717, 1.165) is 45.0 Å². The number of ether oxygens (including phenoxy) is 1. The molecule has 1 aliphatic heterocycles. The number of nitrogens with zero attached hydrogens (tertiary/aromatic N) is 2. The second-order valence-corrected chi connectivity index (χ2v) is 6.70. The number of hydrogen-bond donors (Lipinski definition) is 1. The molecule has 4 nitrogen and oxygen atoms in total. The molecule has 0 spiro atoms. The predicted octanol–water partition coefficient (Wildman–Crippen LogP) is 3.32. The third kappa shape index (κ3) is 5.76. The van der Waals surface area contributed by atoms with Crippen LogP contribution in [0.25, 0.3) is 0 Å². The van der Waals surface area contributed by atoms with Crippen molar-refractivity contribution in [1.29, 1.82) is 0 Å². The van der Waals surface area contributed by atoms with Crippen LogP contribution in [0.4, 0.5) is 0 Å². The summed E-state index contributed by atoms with van der Waals surface area (Å²) in [7, 11) is 0. The maximum absolute atomic E-state index is 9.88. The van der Waals surface area contributed by atoms with Crippen LogP contribution in [0.5, 0.6) is 5.75 Å². The van der Waals surface area contributed by atoms with Gasteiger partial charge in [0.05, 0.1) is 19.3 Å². The Hall–Kier alpha value is -1.10. The van der Waals surface area contributed by atoms with Crippen LogP contribution in [-0.4, -0.2) is 60.8 Å². The Morgan fingerprint density at radius 1 is 1.00 bits per heavy atom. The average Bonchev–Trinajstić information content (AvgIpc) is 2.62. The number of aliphatic hydroxyl groups excluding tert-OH is 1. The van der Waals surface area contributed by atoms with E-state index in [1.165, 1.54) is 31.4 Å². The molecular weight excluding hydrogens is 300 g/mol. The molecule has 0 amide bonds. The van der Waals surface area contributed by atoms with Crippen LogP contribution in [0.3, 0.4) is 0 Å². The predicted molar refractivity (Wildman–Crippen MR) is 99.6 cm³/mol. The standard InChI is InChI=1S/C20H34N2O2/c1-3-5-6-16-24-19-9-7-18(8-10-19)20(17-23)22-14-12-21(11-4-2)13-15-22/h7-10,20,23H,3-6,11-17H2,1-2H3. The number of unbranched alkanes of at least 4 members (excludes halogenated alkanes) is 2. The van der Waals surface area contributed by atoms with Gasteiger partial charge in [0.15, 0.2) is 0 Å². The van der Waals surface area contributed by atoms with Crippen LogP contribution >= 0.6 is 0 Å². The van der Waals surface area contributed by atoms with Crippen molar-refractivity contribution < 1.29 is 9.84 Å². The zero-order chi connectivity index (χ0) is 17.2. The number of rotatable bonds is 10. The molecule has 0 aromatic heterocycles. The summed E-state index contributed by atoms with van der Waals surface area (Å²) >= 11 is 0. The van der Waals surface area contributed by atoms with Gasteiger partial charge in [-0.15, -0.1) is 0 Å². The third-order valence-electron chi connectivity index (χ3n) is 4.84. The maximum Gasteiger partial charge on any atom is 0.119 e. The molecule has 1 heterocycles. The molecular formula is C20H34N2O2. The first kappa shape index (κ1) is 19.2. The van der Waals surface area contributed by atoms with E-state index >= 15 is 0 Å². The van der Waals surface area contributed by atoms with Crippen molar-refractivity contribution in [3.8, 4) is 5.75 Å². The van der Waals surface area contributed by atoms with Gasteiger partial charge in [-0.3, -0.25) is 4.90 Å². The van der Waals surface area contributed by atoms with Crippen molar-refractivity contribution in [2.75, 3.05) is 45.9 Å². The topological polar surface area (TPSA) is 35.9 Å². The molecule has 0 aliphatic carbocycles. The first-order valence-corrected chi connectivity index (χ1v) is 9.58. The van der Waals surface area contributed by atoms with E-state index < -0.39 is 0 Å². The number of hydrogen-bond acceptors (Lipinski definition) is 4. The third-order valence-corrected chi connectivity index (χ3v) is 4.84. The monoisotopic (exact) mass is 334 g/mol. The zero-order valence-electron chi connectivity index (χ0n) is 15.4. The summed E-state index contributed by atoms with van der Waals surface area (Å²) in [6.07, 6.45) is 4.75. The normalized spacial score (nSPS) is 17.8. The number of piperazine rings is 1. The fraction of sp³-hybridized carbons (Fsp3) is 0.700. The van der Waals surface area contributed by atoms with Gasteiger partial charge < -0.3 is 14.7 Å². The van der Waals surface area contributed by atoms with Crippen LogP contribution in [-0.2, 0) is 0 Å². The molecule has 4 heteroatoms. The lowest BCUT2D eigenvalue weighted by Gasteiger charge is -2.38. The minimum atomic E-state index is 0.0999. The van der Waals surface area contributed by atoms with Crippen molar-refractivity contribution in [3.05, 3.63) is 29.8 Å². The van der Waals surface area contributed by atoms with Gasteiger partial charge in [-0.2, -0.15) is 0 Å². The maximum atomic E-state index is 9.88. The van der Waals surface area contributed by atoms with Gasteiger partial charge in [0, 0.05) is 26.2 Å². The van der Waals surface area contributed by atoms with E-state index in [9.17, 15) is 5.11 Å². The molecule has 1 saturated heterocycles. The number of benzene rings is 1. The highest BCUT2D eigenvalue weighted by molar-refractivity contribution is 5.29. The lowest BCUT2D eigenvalue weighted by atomic mass is 10.0. The first-order valence-electron chi connectivity index (χ1n) is 9.58. The Kier molecular flexibility index (Phi) is 8.57. The fourth-order valence-electron chi connectivity index (χ4n) is 3.37. The molecule has 0 bridgehead atoms. The van der Waals surface area contributed by atoms with Gasteiger partial charge >= 0.3 is 0 Å². The molecule has 1 atom stereocenters. The molecule has 1 aromatic carbocycles. The Labute approximate surface area is 147 Å². The first-order chi connectivity index (χ1) is 11.8. The van der Waals surface area contributed by atoms with Gasteiger partial charge in [-0.1, -0.05) is 38.8 Å². The van der Waals surface area contributed by atoms with E-state index in [1.54, 1.807) is 0 Å². The van der Waals surface area contributed by atoms with Gasteiger partial charge in [0.1, 0.15) is 5.75 Å². The Morgan fingerprint density at radius 2 is 1.71 bits per heavy atom. The average molecular weight is 335 g/mol. The molecule has 136 valence electrons. The second kappa shape index (κ2) is 10.7. The summed E-state index contributed by atoms with van der Waals surface area (Å²) in [5.41, 5.74) is 1.18. The van der Waals surface area contributed by atoms with E-state index in [2.05, 4.69) is 35.8 Å². The SMILES string of the molecule is CCCCCOc1ccc(C(CO)N2CCN(CCC)CC2)cc1. The largest absolute Gasteiger partial charge is 0.494 e. The van der Waals surface area contributed by atoms with E-state index in [-0.39, 0.29) is 12.6 Å². The summed E-state index contributed by atoms with van der Waals surface area (Å²) in [5.74, 6) is 0.930. The second-order valence-electron chi connectivity index (χ2n) is 6.70. The summed E-state index contributed by atoms with van der Waals surface area (Å²) in [6.45, 7) is 10.8. The highest BCUT2D eigenvalue weighted by atomic mass is 16.5. The molecule has 1 N–H and O–H groups in total. The zero-order valence-corrected chi connectivity index (χ0v) is 15.4. The lowest BCUT2D eigenvalue weighted by Crippen LogP contribution is -2.48. The van der Waals surface area contributed by atoms with Crippen molar-refractivity contribution in [3.63, 3.8) is 0 Å². The number of aliphatic hydroxyl groups is 1. The van der Waals surface area contributed by atoms with Crippen LogP contribution in [0.1, 0.15) is 51.1 Å². The Morgan fingerprint density at radius 3 is 2.29 bits per heavy atom. The van der Waals surface area contributed by atoms with Gasteiger partial charge in [0.2, 0.25) is 0 Å². The van der Waals surface area contributed by atoms with Crippen LogP contribution in [0, 0.1) is 0 Å². The minimum Gasteiger partial charge on any atom is -0.494 e. The molecule has 0 radical (unpaired) electrons. The Balaban J connectivity index is 1.86. The highest BCUT2D eigenvalue weighted by Crippen LogP contribution is 2.24. The van der Waals surface area contributed by atoms with Crippen molar-refractivity contribution in [2.24, 2.45) is 0 Å². The van der Waals surface area contributed by atoms with Gasteiger partial charge in [0.25, 0.3) is 0 Å². The summed E-state index contributed by atoms with van der Waals surface area (Å²) in [4.78, 5) is 4.92. The van der Waals surface area contributed by atoms with Crippen LogP contribution in [0.15, 0.2) is 24.3 Å². The van der Waals surface area contributed by atoms with Crippen molar-refractivity contribution in [2.45, 2.75) is 45.6 Å². The van der Waals surface area contributed by atoms with Gasteiger partial charge in [-0.05, 0) is 37.1 Å². The molecule has 0 saturated carbocycles.